The number of nitrogens with zero attached hydrogens (tertiary/aromatic N) is 1. The van der Waals surface area contributed by atoms with Gasteiger partial charge in [-0.25, -0.2) is 0 Å². The van der Waals surface area contributed by atoms with Gasteiger partial charge < -0.3 is 0 Å². The lowest BCUT2D eigenvalue weighted by molar-refractivity contribution is -0.109. The fourth-order valence-electron chi connectivity index (χ4n) is 5.85. The van der Waals surface area contributed by atoms with E-state index in [4.69, 9.17) is 4.84 Å². The summed E-state index contributed by atoms with van der Waals surface area (Å²) in [6.07, 6.45) is 7.42. The summed E-state index contributed by atoms with van der Waals surface area (Å²) < 4.78 is 0. The van der Waals surface area contributed by atoms with Crippen LogP contribution in [0.15, 0.2) is 24.3 Å². The number of carbonyl (C=O) groups excluding carboxylic acids is 2. The number of carbonyl (C=O) groups is 2. The van der Waals surface area contributed by atoms with E-state index in [9.17, 15) is 9.59 Å². The van der Waals surface area contributed by atoms with E-state index in [1.54, 1.807) is 24.3 Å². The average molecular weight is 341 g/mol. The van der Waals surface area contributed by atoms with Crippen molar-refractivity contribution in [2.45, 2.75) is 52.4 Å². The molecule has 1 aromatic rings. The van der Waals surface area contributed by atoms with Crippen LogP contribution in [0, 0.1) is 23.2 Å². The van der Waals surface area contributed by atoms with Gasteiger partial charge in [0.15, 0.2) is 0 Å². The molecule has 4 nitrogen and oxygen atoms in total. The quantitative estimate of drug-likeness (QED) is 0.760. The van der Waals surface area contributed by atoms with Gasteiger partial charge in [0.05, 0.1) is 17.7 Å². The molecular weight excluding hydrogens is 314 g/mol. The molecule has 2 unspecified atom stereocenters. The lowest BCUT2D eigenvalue weighted by Gasteiger charge is -2.50. The summed E-state index contributed by atoms with van der Waals surface area (Å²) in [4.78, 5) is 30.5. The summed E-state index contributed by atoms with van der Waals surface area (Å²) in [5.41, 5.74) is 1.23. The zero-order valence-electron chi connectivity index (χ0n) is 15.2. The van der Waals surface area contributed by atoms with E-state index in [-0.39, 0.29) is 11.8 Å². The maximum Gasteiger partial charge on any atom is 0.285 e. The van der Waals surface area contributed by atoms with Crippen molar-refractivity contribution in [2.24, 2.45) is 23.2 Å². The third-order valence-corrected chi connectivity index (χ3v) is 6.37. The lowest BCUT2D eigenvalue weighted by atomic mass is 9.56. The molecule has 0 aromatic heterocycles. The molecule has 0 spiro atoms. The van der Waals surface area contributed by atoms with E-state index in [1.165, 1.54) is 32.1 Å². The molecule has 1 heterocycles. The number of hydroxylamine groups is 2. The Balaban J connectivity index is 1.41. The topological polar surface area (TPSA) is 46.6 Å². The van der Waals surface area contributed by atoms with Crippen LogP contribution >= 0.6 is 0 Å². The van der Waals surface area contributed by atoms with E-state index in [2.05, 4.69) is 13.8 Å². The molecular formula is C21H27NO3. The van der Waals surface area contributed by atoms with E-state index in [0.717, 1.165) is 29.2 Å². The number of rotatable bonds is 4. The first-order valence-corrected chi connectivity index (χ1v) is 9.58. The number of hydrogen-bond acceptors (Lipinski definition) is 3. The highest BCUT2D eigenvalue weighted by molar-refractivity contribution is 6.20. The van der Waals surface area contributed by atoms with Gasteiger partial charge in [0.25, 0.3) is 11.8 Å². The van der Waals surface area contributed by atoms with Crippen molar-refractivity contribution in [1.29, 1.82) is 0 Å². The summed E-state index contributed by atoms with van der Waals surface area (Å²) in [5, 5.41) is 0.970. The van der Waals surface area contributed by atoms with Gasteiger partial charge in [-0.1, -0.05) is 26.0 Å². The van der Waals surface area contributed by atoms with Crippen LogP contribution < -0.4 is 0 Å². The van der Waals surface area contributed by atoms with Crippen LogP contribution in [0.3, 0.4) is 0 Å². The normalized spacial score (nSPS) is 34.3. The number of benzene rings is 1. The fraction of sp³-hybridized carbons (Fsp3) is 0.619. The molecule has 25 heavy (non-hydrogen) atoms. The van der Waals surface area contributed by atoms with Gasteiger partial charge in [-0.2, -0.15) is 0 Å². The maximum atomic E-state index is 12.4. The van der Waals surface area contributed by atoms with Crippen LogP contribution in [-0.4, -0.2) is 23.5 Å². The van der Waals surface area contributed by atoms with Crippen molar-refractivity contribution >= 4 is 11.8 Å². The summed E-state index contributed by atoms with van der Waals surface area (Å²) in [6, 6.07) is 6.93. The second-order valence-corrected chi connectivity index (χ2v) is 8.69. The Bertz CT molecular complexity index is 644. The van der Waals surface area contributed by atoms with Crippen molar-refractivity contribution in [3.63, 3.8) is 0 Å². The first kappa shape index (κ1) is 16.8. The number of hydrogen-bond donors (Lipinski definition) is 0. The smallest absolute Gasteiger partial charge is 0.266 e. The molecule has 2 fully saturated rings. The molecule has 2 aliphatic carbocycles. The van der Waals surface area contributed by atoms with Crippen molar-refractivity contribution in [2.75, 3.05) is 6.61 Å². The minimum Gasteiger partial charge on any atom is -0.266 e. The molecule has 4 rings (SSSR count). The first-order valence-electron chi connectivity index (χ1n) is 9.58. The van der Waals surface area contributed by atoms with Crippen LogP contribution in [-0.2, 0) is 4.84 Å². The van der Waals surface area contributed by atoms with Gasteiger partial charge in [-0.15, -0.1) is 5.06 Å². The van der Waals surface area contributed by atoms with Gasteiger partial charge >= 0.3 is 0 Å². The average Bonchev–Trinajstić information content (AvgIpc) is 2.79. The Labute approximate surface area is 149 Å². The van der Waals surface area contributed by atoms with Crippen molar-refractivity contribution in [1.82, 2.24) is 5.06 Å². The number of imide groups is 1. The van der Waals surface area contributed by atoms with Gasteiger partial charge in [0, 0.05) is 0 Å². The van der Waals surface area contributed by atoms with Crippen molar-refractivity contribution in [3.05, 3.63) is 35.4 Å². The predicted molar refractivity (Wildman–Crippen MR) is 94.8 cm³/mol. The van der Waals surface area contributed by atoms with Crippen molar-refractivity contribution in [3.8, 4) is 0 Å². The van der Waals surface area contributed by atoms with Crippen molar-refractivity contribution < 1.29 is 14.4 Å². The van der Waals surface area contributed by atoms with Crippen LogP contribution in [0.1, 0.15) is 73.1 Å². The van der Waals surface area contributed by atoms with E-state index < -0.39 is 0 Å². The number of fused-ring (bicyclic) bond motifs is 3. The summed E-state index contributed by atoms with van der Waals surface area (Å²) in [6.45, 7) is 5.17. The Morgan fingerprint density at radius 2 is 1.56 bits per heavy atom. The Morgan fingerprint density at radius 3 is 2.12 bits per heavy atom. The fourth-order valence-corrected chi connectivity index (χ4v) is 5.85. The second kappa shape index (κ2) is 6.24. The van der Waals surface area contributed by atoms with Gasteiger partial charge in [-0.3, -0.25) is 14.4 Å². The van der Waals surface area contributed by atoms with E-state index in [0.29, 0.717) is 23.1 Å². The molecule has 2 amide bonds. The highest BCUT2D eigenvalue weighted by Crippen LogP contribution is 2.54. The van der Waals surface area contributed by atoms with E-state index >= 15 is 0 Å². The van der Waals surface area contributed by atoms with Crippen LogP contribution in [0.25, 0.3) is 0 Å². The van der Waals surface area contributed by atoms with E-state index in [1.807, 2.05) is 0 Å². The Morgan fingerprint density at radius 1 is 1.00 bits per heavy atom. The molecule has 0 radical (unpaired) electrons. The second-order valence-electron chi connectivity index (χ2n) is 8.69. The minimum absolute atomic E-state index is 0.329. The molecule has 2 bridgehead atoms. The third kappa shape index (κ3) is 3.01. The molecule has 0 N–H and O–H groups in total. The summed E-state index contributed by atoms with van der Waals surface area (Å²) >= 11 is 0. The van der Waals surface area contributed by atoms with Crippen LogP contribution in [0.2, 0.25) is 0 Å². The molecule has 2 atom stereocenters. The predicted octanol–water partition coefficient (Wildman–Crippen LogP) is 4.46. The number of amides is 2. The molecule has 2 saturated carbocycles. The van der Waals surface area contributed by atoms with Crippen LogP contribution in [0.5, 0.6) is 0 Å². The SMILES string of the molecule is CC1CC2CC(C)CC(CCON3C(=O)c4ccccc4C3=O)(C1)C2. The summed E-state index contributed by atoms with van der Waals surface area (Å²) in [7, 11) is 0. The Kier molecular flexibility index (Phi) is 4.19. The maximum absolute atomic E-state index is 12.4. The third-order valence-electron chi connectivity index (χ3n) is 6.37. The highest BCUT2D eigenvalue weighted by Gasteiger charge is 2.44. The van der Waals surface area contributed by atoms with Gasteiger partial charge in [0.1, 0.15) is 0 Å². The Hall–Kier alpha value is -1.68. The van der Waals surface area contributed by atoms with Gasteiger partial charge in [-0.05, 0) is 73.8 Å². The molecule has 1 aromatic carbocycles. The highest BCUT2D eigenvalue weighted by atomic mass is 16.7. The largest absolute Gasteiger partial charge is 0.285 e. The zero-order valence-corrected chi connectivity index (χ0v) is 15.2. The molecule has 3 aliphatic rings. The molecule has 4 heteroatoms. The summed E-state index contributed by atoms with van der Waals surface area (Å²) in [5.74, 6) is 1.72. The minimum atomic E-state index is -0.329. The standard InChI is InChI=1S/C21H27NO3/c1-14-9-16-10-15(2)12-21(11-14,13-16)7-8-25-22-19(23)17-5-3-4-6-18(17)20(22)24/h3-6,14-16H,7-13H2,1-2H3. The zero-order chi connectivity index (χ0) is 17.6. The molecule has 0 saturated heterocycles. The molecule has 1 aliphatic heterocycles. The molecule has 134 valence electrons. The first-order chi connectivity index (χ1) is 12.0. The monoisotopic (exact) mass is 341 g/mol. The van der Waals surface area contributed by atoms with Crippen LogP contribution in [0.4, 0.5) is 0 Å². The lowest BCUT2D eigenvalue weighted by Crippen LogP contribution is -2.40. The van der Waals surface area contributed by atoms with Gasteiger partial charge in [0.2, 0.25) is 0 Å².